The van der Waals surface area contributed by atoms with Gasteiger partial charge in [-0.15, -0.1) is 0 Å². The zero-order chi connectivity index (χ0) is 18.5. The summed E-state index contributed by atoms with van der Waals surface area (Å²) in [4.78, 5) is 26.5. The fraction of sp³-hybridized carbons (Fsp3) is 0.100. The van der Waals surface area contributed by atoms with Crippen LogP contribution in [0.4, 0.5) is 4.79 Å². The molecule has 2 aromatic rings. The van der Waals surface area contributed by atoms with Crippen molar-refractivity contribution in [3.63, 3.8) is 0 Å². The van der Waals surface area contributed by atoms with Crippen molar-refractivity contribution < 1.29 is 14.3 Å². The predicted molar refractivity (Wildman–Crippen MR) is 105 cm³/mol. The maximum absolute atomic E-state index is 12.6. The van der Waals surface area contributed by atoms with E-state index in [9.17, 15) is 9.59 Å². The summed E-state index contributed by atoms with van der Waals surface area (Å²) in [5.41, 5.74) is 1.58. The Morgan fingerprint density at radius 2 is 1.85 bits per heavy atom. The maximum Gasteiger partial charge on any atom is 0.293 e. The lowest BCUT2D eigenvalue weighted by atomic mass is 10.1. The number of carbonyl (C=O) groups is 2. The van der Waals surface area contributed by atoms with Gasteiger partial charge in [-0.25, -0.2) is 0 Å². The van der Waals surface area contributed by atoms with E-state index < -0.39 is 0 Å². The quantitative estimate of drug-likeness (QED) is 0.510. The van der Waals surface area contributed by atoms with E-state index in [1.54, 1.807) is 36.4 Å². The van der Waals surface area contributed by atoms with Crippen LogP contribution in [0.2, 0.25) is 5.02 Å². The van der Waals surface area contributed by atoms with Crippen molar-refractivity contribution >= 4 is 40.6 Å². The predicted octanol–water partition coefficient (Wildman–Crippen LogP) is 5.14. The first-order valence-electron chi connectivity index (χ1n) is 7.91. The highest BCUT2D eigenvalue weighted by Crippen LogP contribution is 2.34. The summed E-state index contributed by atoms with van der Waals surface area (Å²) < 4.78 is 5.60. The number of imide groups is 1. The van der Waals surface area contributed by atoms with E-state index in [4.69, 9.17) is 16.3 Å². The number of halogens is 1. The summed E-state index contributed by atoms with van der Waals surface area (Å²) in [6.07, 6.45) is 3.34. The van der Waals surface area contributed by atoms with E-state index in [0.717, 1.165) is 22.9 Å². The van der Waals surface area contributed by atoms with Gasteiger partial charge >= 0.3 is 0 Å². The summed E-state index contributed by atoms with van der Waals surface area (Å²) in [7, 11) is 0. The number of thioether (sulfide) groups is 1. The van der Waals surface area contributed by atoms with Crippen LogP contribution in [0.1, 0.15) is 11.1 Å². The van der Waals surface area contributed by atoms with E-state index in [1.165, 1.54) is 4.90 Å². The fourth-order valence-electron chi connectivity index (χ4n) is 2.43. The van der Waals surface area contributed by atoms with Gasteiger partial charge in [0.25, 0.3) is 11.1 Å². The monoisotopic (exact) mass is 385 g/mol. The van der Waals surface area contributed by atoms with E-state index >= 15 is 0 Å². The number of hydrogen-bond donors (Lipinski definition) is 0. The average molecular weight is 386 g/mol. The number of hydrogen-bond acceptors (Lipinski definition) is 4. The molecule has 0 unspecified atom stereocenters. The van der Waals surface area contributed by atoms with Gasteiger partial charge in [-0.05, 0) is 41.6 Å². The summed E-state index contributed by atoms with van der Waals surface area (Å²) in [5.74, 6) is 0.324. The summed E-state index contributed by atoms with van der Waals surface area (Å²) in [6.45, 7) is 4.21. The molecule has 0 spiro atoms. The third kappa shape index (κ3) is 4.18. The van der Waals surface area contributed by atoms with E-state index in [0.29, 0.717) is 22.3 Å². The Morgan fingerprint density at radius 1 is 1.12 bits per heavy atom. The average Bonchev–Trinajstić information content (AvgIpc) is 2.90. The van der Waals surface area contributed by atoms with Crippen LogP contribution in [0, 0.1) is 0 Å². The number of nitrogens with zero attached hydrogens (tertiary/aromatic N) is 1. The smallest absolute Gasteiger partial charge is 0.293 e. The molecule has 1 aliphatic rings. The topological polar surface area (TPSA) is 46.6 Å². The molecule has 0 N–H and O–H groups in total. The van der Waals surface area contributed by atoms with Crippen molar-refractivity contribution in [3.05, 3.63) is 82.2 Å². The molecule has 1 aliphatic heterocycles. The van der Waals surface area contributed by atoms with Crippen LogP contribution in [0.15, 0.2) is 66.1 Å². The van der Waals surface area contributed by atoms with Crippen LogP contribution in [0.3, 0.4) is 0 Å². The van der Waals surface area contributed by atoms with E-state index in [2.05, 4.69) is 6.58 Å². The Balaban J connectivity index is 1.81. The van der Waals surface area contributed by atoms with Gasteiger partial charge in [0.2, 0.25) is 0 Å². The zero-order valence-corrected chi connectivity index (χ0v) is 15.4. The molecule has 2 aromatic carbocycles. The minimum atomic E-state index is -0.312. The number of carbonyl (C=O) groups excluding carboxylic acids is 2. The minimum Gasteiger partial charge on any atom is -0.489 e. The molecule has 26 heavy (non-hydrogen) atoms. The maximum atomic E-state index is 12.6. The highest BCUT2D eigenvalue weighted by Gasteiger charge is 2.35. The molecule has 2 amide bonds. The molecule has 0 aliphatic carbocycles. The van der Waals surface area contributed by atoms with Crippen molar-refractivity contribution in [2.24, 2.45) is 0 Å². The first kappa shape index (κ1) is 18.3. The molecule has 132 valence electrons. The van der Waals surface area contributed by atoms with Gasteiger partial charge in [0, 0.05) is 10.6 Å². The lowest BCUT2D eigenvalue weighted by Crippen LogP contribution is -2.27. The second-order valence-electron chi connectivity index (χ2n) is 5.53. The van der Waals surface area contributed by atoms with Crippen LogP contribution in [-0.4, -0.2) is 22.7 Å². The molecule has 1 heterocycles. The summed E-state index contributed by atoms with van der Waals surface area (Å²) in [5, 5.41) is 0.319. The van der Waals surface area contributed by atoms with Crippen LogP contribution >= 0.6 is 23.4 Å². The third-order valence-electron chi connectivity index (χ3n) is 3.69. The second-order valence-corrected chi connectivity index (χ2v) is 6.96. The van der Waals surface area contributed by atoms with Gasteiger partial charge in [-0.2, -0.15) is 0 Å². The minimum absolute atomic E-state index is 0.216. The SMILES string of the molecule is C=CCOc1ccccc1/C=C1\SC(=O)N(Cc2ccc(Cl)cc2)C1=O. The molecular formula is C20H16ClNO3S. The number of ether oxygens (including phenoxy) is 1. The Labute approximate surface area is 161 Å². The van der Waals surface area contributed by atoms with Gasteiger partial charge in [0.05, 0.1) is 11.4 Å². The van der Waals surface area contributed by atoms with Crippen molar-refractivity contribution in [2.75, 3.05) is 6.61 Å². The third-order valence-corrected chi connectivity index (χ3v) is 4.85. The lowest BCUT2D eigenvalue weighted by Gasteiger charge is -2.12. The van der Waals surface area contributed by atoms with Crippen molar-refractivity contribution in [1.82, 2.24) is 4.90 Å². The molecular weight excluding hydrogens is 370 g/mol. The molecule has 4 nitrogen and oxygen atoms in total. The normalized spacial score (nSPS) is 15.6. The van der Waals surface area contributed by atoms with E-state index in [1.807, 2.05) is 24.3 Å². The van der Waals surface area contributed by atoms with Crippen molar-refractivity contribution in [2.45, 2.75) is 6.54 Å². The molecule has 0 radical (unpaired) electrons. The molecule has 1 fully saturated rings. The van der Waals surface area contributed by atoms with Crippen molar-refractivity contribution in [1.29, 1.82) is 0 Å². The highest BCUT2D eigenvalue weighted by molar-refractivity contribution is 8.18. The summed E-state index contributed by atoms with van der Waals surface area (Å²) >= 11 is 6.80. The first-order valence-corrected chi connectivity index (χ1v) is 9.10. The van der Waals surface area contributed by atoms with Gasteiger partial charge in [0.1, 0.15) is 12.4 Å². The van der Waals surface area contributed by atoms with Crippen LogP contribution in [-0.2, 0) is 11.3 Å². The van der Waals surface area contributed by atoms with E-state index in [-0.39, 0.29) is 17.7 Å². The van der Waals surface area contributed by atoms with Crippen LogP contribution < -0.4 is 4.74 Å². The largest absolute Gasteiger partial charge is 0.489 e. The fourth-order valence-corrected chi connectivity index (χ4v) is 3.39. The molecule has 0 atom stereocenters. The molecule has 0 aromatic heterocycles. The second kappa shape index (κ2) is 8.25. The lowest BCUT2D eigenvalue weighted by molar-refractivity contribution is -0.123. The van der Waals surface area contributed by atoms with Gasteiger partial charge in [0.15, 0.2) is 0 Å². The molecule has 1 saturated heterocycles. The number of para-hydroxylation sites is 1. The number of rotatable bonds is 6. The Kier molecular flexibility index (Phi) is 5.81. The highest BCUT2D eigenvalue weighted by atomic mass is 35.5. The summed E-state index contributed by atoms with van der Waals surface area (Å²) in [6, 6.07) is 14.4. The van der Waals surface area contributed by atoms with Crippen LogP contribution in [0.25, 0.3) is 6.08 Å². The Morgan fingerprint density at radius 3 is 2.58 bits per heavy atom. The van der Waals surface area contributed by atoms with Gasteiger partial charge in [-0.3, -0.25) is 14.5 Å². The van der Waals surface area contributed by atoms with Gasteiger partial charge < -0.3 is 4.74 Å². The number of amides is 2. The molecule has 6 heteroatoms. The Hall–Kier alpha value is -2.50. The molecule has 0 bridgehead atoms. The van der Waals surface area contributed by atoms with Crippen LogP contribution in [0.5, 0.6) is 5.75 Å². The van der Waals surface area contributed by atoms with Gasteiger partial charge in [-0.1, -0.05) is 54.6 Å². The Bertz CT molecular complexity index is 877. The standard InChI is InChI=1S/C20H16ClNO3S/c1-2-11-25-17-6-4-3-5-15(17)12-18-19(23)22(20(24)26-18)13-14-7-9-16(21)10-8-14/h2-10,12H,1,11,13H2/b18-12-. The molecule has 3 rings (SSSR count). The zero-order valence-electron chi connectivity index (χ0n) is 13.9. The van der Waals surface area contributed by atoms with Crippen molar-refractivity contribution in [3.8, 4) is 5.75 Å². The first-order chi connectivity index (χ1) is 12.6. The molecule has 0 saturated carbocycles. The number of benzene rings is 2.